The molecule has 0 amide bonds. The van der Waals surface area contributed by atoms with Gasteiger partial charge in [-0.1, -0.05) is 29.8 Å². The summed E-state index contributed by atoms with van der Waals surface area (Å²) in [6, 6.07) is 15.1. The summed E-state index contributed by atoms with van der Waals surface area (Å²) >= 11 is 6.57. The van der Waals surface area contributed by atoms with E-state index in [2.05, 4.69) is 24.8 Å². The summed E-state index contributed by atoms with van der Waals surface area (Å²) in [4.78, 5) is 30.6. The summed E-state index contributed by atoms with van der Waals surface area (Å²) in [5.41, 5.74) is 1.56. The molecule has 190 valence electrons. The van der Waals surface area contributed by atoms with Gasteiger partial charge in [-0.3, -0.25) is 9.69 Å². The van der Waals surface area contributed by atoms with Crippen molar-refractivity contribution in [3.8, 4) is 11.5 Å². The summed E-state index contributed by atoms with van der Waals surface area (Å²) < 4.78 is 11.4. The number of aromatic nitrogens is 3. The van der Waals surface area contributed by atoms with Gasteiger partial charge >= 0.3 is 0 Å². The van der Waals surface area contributed by atoms with Crippen LogP contribution in [0, 0.1) is 0 Å². The normalized spacial score (nSPS) is 17.3. The third-order valence-corrected chi connectivity index (χ3v) is 7.50. The number of carbonyl (C=O) groups excluding carboxylic acids is 1. The number of rotatable bonds is 6. The second kappa shape index (κ2) is 10.5. The third kappa shape index (κ3) is 4.92. The van der Waals surface area contributed by atoms with Crippen LogP contribution in [0.4, 0.5) is 5.82 Å². The van der Waals surface area contributed by atoms with Gasteiger partial charge in [0, 0.05) is 50.0 Å². The van der Waals surface area contributed by atoms with Gasteiger partial charge in [0.1, 0.15) is 29.3 Å². The van der Waals surface area contributed by atoms with Crippen LogP contribution in [-0.4, -0.2) is 71.1 Å². The van der Waals surface area contributed by atoms with Crippen molar-refractivity contribution >= 4 is 34.2 Å². The van der Waals surface area contributed by atoms with E-state index in [-0.39, 0.29) is 5.78 Å². The van der Waals surface area contributed by atoms with E-state index in [1.807, 2.05) is 30.3 Å². The van der Waals surface area contributed by atoms with Gasteiger partial charge in [-0.25, -0.2) is 9.97 Å². The predicted octanol–water partition coefficient (Wildman–Crippen LogP) is 4.94. The fraction of sp³-hybridized carbons (Fsp3) is 0.321. The average molecular weight is 518 g/mol. The van der Waals surface area contributed by atoms with Crippen LogP contribution in [0.1, 0.15) is 28.8 Å². The van der Waals surface area contributed by atoms with Crippen LogP contribution >= 0.6 is 11.6 Å². The minimum atomic E-state index is -0.179. The Kier molecular flexibility index (Phi) is 6.78. The smallest absolute Gasteiger partial charge is 0.196 e. The fourth-order valence-corrected chi connectivity index (χ4v) is 5.52. The standard InChI is InChI=1S/C28H28ClN5O3/c29-24-16-21(37-20-4-2-1-3-5-20)6-7-22(24)26(35)23-17-30-27-25(23)28(32-18-31-27)34-10-8-19(9-11-34)33-12-14-36-15-13-33/h1-7,16-19H,8-15H2,(H,30,31,32). The van der Waals surface area contributed by atoms with Crippen molar-refractivity contribution in [2.24, 2.45) is 0 Å². The second-order valence-electron chi connectivity index (χ2n) is 9.38. The van der Waals surface area contributed by atoms with E-state index < -0.39 is 0 Å². The zero-order chi connectivity index (χ0) is 25.2. The number of morpholine rings is 1. The summed E-state index contributed by atoms with van der Waals surface area (Å²) in [7, 11) is 0. The van der Waals surface area contributed by atoms with Crippen molar-refractivity contribution in [3.63, 3.8) is 0 Å². The highest BCUT2D eigenvalue weighted by Gasteiger charge is 2.29. The Morgan fingerprint density at radius 2 is 1.76 bits per heavy atom. The Balaban J connectivity index is 1.24. The molecule has 0 radical (unpaired) electrons. The Morgan fingerprint density at radius 1 is 0.973 bits per heavy atom. The van der Waals surface area contributed by atoms with E-state index in [4.69, 9.17) is 21.1 Å². The number of ketones is 1. The van der Waals surface area contributed by atoms with Crippen LogP contribution in [0.15, 0.2) is 61.1 Å². The van der Waals surface area contributed by atoms with Crippen molar-refractivity contribution in [1.82, 2.24) is 19.9 Å². The molecule has 2 aromatic heterocycles. The summed E-state index contributed by atoms with van der Waals surface area (Å²) in [6.07, 6.45) is 5.36. The van der Waals surface area contributed by atoms with Gasteiger partial charge in [0.2, 0.25) is 0 Å². The fourth-order valence-electron chi connectivity index (χ4n) is 5.26. The number of nitrogens with zero attached hydrogens (tertiary/aromatic N) is 4. The SMILES string of the molecule is O=C(c1ccc(Oc2ccccc2)cc1Cl)c1c[nH]c2ncnc(N3CCC(N4CCOCC4)CC3)c12. The van der Waals surface area contributed by atoms with Gasteiger partial charge in [0.25, 0.3) is 0 Å². The Labute approximate surface area is 220 Å². The van der Waals surface area contributed by atoms with Crippen LogP contribution in [0.2, 0.25) is 5.02 Å². The monoisotopic (exact) mass is 517 g/mol. The Hall–Kier alpha value is -3.46. The molecule has 0 saturated carbocycles. The summed E-state index contributed by atoms with van der Waals surface area (Å²) in [6.45, 7) is 5.36. The van der Waals surface area contributed by atoms with Gasteiger partial charge in [0.05, 0.1) is 29.2 Å². The number of benzene rings is 2. The lowest BCUT2D eigenvalue weighted by Gasteiger charge is -2.40. The van der Waals surface area contributed by atoms with Gasteiger partial charge in [-0.15, -0.1) is 0 Å². The van der Waals surface area contributed by atoms with E-state index in [0.29, 0.717) is 39.3 Å². The number of fused-ring (bicyclic) bond motifs is 1. The molecule has 1 N–H and O–H groups in total. The molecule has 2 aliphatic heterocycles. The zero-order valence-electron chi connectivity index (χ0n) is 20.4. The molecule has 0 unspecified atom stereocenters. The van der Waals surface area contributed by atoms with Crippen LogP contribution in [0.3, 0.4) is 0 Å². The molecule has 0 spiro atoms. The van der Waals surface area contributed by atoms with Crippen molar-refractivity contribution in [1.29, 1.82) is 0 Å². The highest BCUT2D eigenvalue weighted by Crippen LogP contribution is 2.33. The highest BCUT2D eigenvalue weighted by atomic mass is 35.5. The van der Waals surface area contributed by atoms with E-state index in [1.54, 1.807) is 30.7 Å². The molecular formula is C28H28ClN5O3. The topological polar surface area (TPSA) is 83.6 Å². The number of anilines is 1. The number of aromatic amines is 1. The van der Waals surface area contributed by atoms with E-state index in [1.165, 1.54) is 0 Å². The number of halogens is 1. The van der Waals surface area contributed by atoms with Gasteiger partial charge in [-0.05, 0) is 37.1 Å². The Morgan fingerprint density at radius 3 is 2.51 bits per heavy atom. The molecule has 6 rings (SSSR count). The quantitative estimate of drug-likeness (QED) is 0.363. The Bertz CT molecular complexity index is 1400. The number of hydrogen-bond donors (Lipinski definition) is 1. The van der Waals surface area contributed by atoms with E-state index in [0.717, 1.165) is 63.4 Å². The van der Waals surface area contributed by atoms with Crippen molar-refractivity contribution in [2.45, 2.75) is 18.9 Å². The molecule has 0 aliphatic carbocycles. The number of ether oxygens (including phenoxy) is 2. The molecule has 0 bridgehead atoms. The first-order valence-electron chi connectivity index (χ1n) is 12.6. The summed E-state index contributed by atoms with van der Waals surface area (Å²) in [5, 5.41) is 1.07. The molecule has 8 nitrogen and oxygen atoms in total. The second-order valence-corrected chi connectivity index (χ2v) is 9.78. The highest BCUT2D eigenvalue weighted by molar-refractivity contribution is 6.35. The van der Waals surface area contributed by atoms with Crippen molar-refractivity contribution < 1.29 is 14.3 Å². The molecular weight excluding hydrogens is 490 g/mol. The molecule has 0 atom stereocenters. The molecule has 37 heavy (non-hydrogen) atoms. The van der Waals surface area contributed by atoms with Gasteiger partial charge in [-0.2, -0.15) is 0 Å². The number of carbonyl (C=O) groups is 1. The first-order chi connectivity index (χ1) is 18.2. The number of nitrogens with one attached hydrogen (secondary N) is 1. The molecule has 4 heterocycles. The molecule has 2 saturated heterocycles. The number of hydrogen-bond acceptors (Lipinski definition) is 7. The molecule has 2 aliphatic rings. The van der Waals surface area contributed by atoms with Crippen LogP contribution in [0.5, 0.6) is 11.5 Å². The lowest BCUT2D eigenvalue weighted by molar-refractivity contribution is 0.0115. The van der Waals surface area contributed by atoms with Crippen LogP contribution < -0.4 is 9.64 Å². The maximum atomic E-state index is 13.7. The first kappa shape index (κ1) is 23.9. The third-order valence-electron chi connectivity index (χ3n) is 7.18. The van der Waals surface area contributed by atoms with Crippen LogP contribution in [0.25, 0.3) is 11.0 Å². The number of para-hydroxylation sites is 1. The van der Waals surface area contributed by atoms with E-state index >= 15 is 0 Å². The molecule has 9 heteroatoms. The van der Waals surface area contributed by atoms with Gasteiger partial charge in [0.15, 0.2) is 5.78 Å². The lowest BCUT2D eigenvalue weighted by atomic mass is 10.0. The molecule has 2 fully saturated rings. The number of piperidine rings is 1. The van der Waals surface area contributed by atoms with Crippen molar-refractivity contribution in [2.75, 3.05) is 44.3 Å². The minimum absolute atomic E-state index is 0.179. The first-order valence-corrected chi connectivity index (χ1v) is 13.0. The zero-order valence-corrected chi connectivity index (χ0v) is 21.2. The largest absolute Gasteiger partial charge is 0.457 e. The van der Waals surface area contributed by atoms with E-state index in [9.17, 15) is 4.79 Å². The maximum Gasteiger partial charge on any atom is 0.196 e. The maximum absolute atomic E-state index is 13.7. The number of H-pyrrole nitrogens is 1. The minimum Gasteiger partial charge on any atom is -0.457 e. The van der Waals surface area contributed by atoms with Gasteiger partial charge < -0.3 is 19.4 Å². The molecule has 2 aromatic carbocycles. The van der Waals surface area contributed by atoms with Crippen LogP contribution in [-0.2, 0) is 4.74 Å². The average Bonchev–Trinajstić information content (AvgIpc) is 3.39. The molecule has 4 aromatic rings. The predicted molar refractivity (Wildman–Crippen MR) is 143 cm³/mol. The summed E-state index contributed by atoms with van der Waals surface area (Å²) in [5.74, 6) is 1.88. The lowest BCUT2D eigenvalue weighted by Crippen LogP contribution is -2.49. The van der Waals surface area contributed by atoms with Crippen molar-refractivity contribution in [3.05, 3.63) is 77.2 Å².